The molecule has 0 amide bonds. The highest BCUT2D eigenvalue weighted by atomic mass is 79.9. The molecule has 136 valence electrons. The van der Waals surface area contributed by atoms with Crippen LogP contribution in [0.2, 0.25) is 0 Å². The number of thiophene rings is 2. The third kappa shape index (κ3) is 3.39. The van der Waals surface area contributed by atoms with Crippen LogP contribution >= 0.6 is 54.5 Å². The summed E-state index contributed by atoms with van der Waals surface area (Å²) in [5.74, 6) is 0. The molecule has 4 aromatic carbocycles. The maximum absolute atomic E-state index is 3.51. The molecule has 0 fully saturated rings. The van der Waals surface area contributed by atoms with Crippen molar-refractivity contribution in [1.29, 1.82) is 0 Å². The first-order valence-electron chi connectivity index (χ1n) is 8.83. The van der Waals surface area contributed by atoms with Gasteiger partial charge in [0.2, 0.25) is 0 Å². The lowest BCUT2D eigenvalue weighted by atomic mass is 10.2. The van der Waals surface area contributed by atoms with E-state index in [4.69, 9.17) is 0 Å². The second-order valence-corrected chi connectivity index (χ2v) is 10.5. The van der Waals surface area contributed by atoms with Gasteiger partial charge in [-0.2, -0.15) is 0 Å². The van der Waals surface area contributed by atoms with Crippen molar-refractivity contribution in [2.24, 2.45) is 0 Å². The topological polar surface area (TPSA) is 0 Å². The number of benzene rings is 4. The second kappa shape index (κ2) is 7.60. The van der Waals surface area contributed by atoms with Gasteiger partial charge in [0.25, 0.3) is 0 Å². The predicted molar refractivity (Wildman–Crippen MR) is 134 cm³/mol. The van der Waals surface area contributed by atoms with E-state index >= 15 is 0 Å². The SMILES string of the molecule is Brc1ccc2sc3ccccc3c2c1.Brc1ccc2sc3ccccc3c2c1. The maximum atomic E-state index is 3.51. The highest BCUT2D eigenvalue weighted by Gasteiger charge is 2.04. The molecule has 4 heteroatoms. The number of rotatable bonds is 0. The Hall–Kier alpha value is -1.72. The minimum Gasteiger partial charge on any atom is -0.135 e. The largest absolute Gasteiger partial charge is 0.135 e. The molecule has 0 saturated carbocycles. The first-order chi connectivity index (χ1) is 13.7. The fourth-order valence-corrected chi connectivity index (χ4v) is 6.29. The first-order valence-corrected chi connectivity index (χ1v) is 12.0. The highest BCUT2D eigenvalue weighted by molar-refractivity contribution is 9.10. The Labute approximate surface area is 187 Å². The average Bonchev–Trinajstić information content (AvgIpc) is 3.26. The molecule has 0 bridgehead atoms. The lowest BCUT2D eigenvalue weighted by Gasteiger charge is -1.91. The molecule has 0 N–H and O–H groups in total. The number of fused-ring (bicyclic) bond motifs is 6. The molecule has 0 nitrogen and oxygen atoms in total. The van der Waals surface area contributed by atoms with Gasteiger partial charge in [-0.05, 0) is 48.5 Å². The zero-order valence-electron chi connectivity index (χ0n) is 14.7. The standard InChI is InChI=1S/2C12H7BrS/c2*13-8-5-6-12-10(7-8)9-3-1-2-4-11(9)14-12/h2*1-7H. The molecule has 0 aliphatic rings. The zero-order valence-corrected chi connectivity index (χ0v) is 19.5. The summed E-state index contributed by atoms with van der Waals surface area (Å²) in [5.41, 5.74) is 0. The van der Waals surface area contributed by atoms with Crippen LogP contribution in [0.25, 0.3) is 40.3 Å². The van der Waals surface area contributed by atoms with Crippen molar-refractivity contribution in [2.75, 3.05) is 0 Å². The molecule has 28 heavy (non-hydrogen) atoms. The van der Waals surface area contributed by atoms with Gasteiger partial charge in [-0.1, -0.05) is 68.3 Å². The zero-order chi connectivity index (χ0) is 19.1. The van der Waals surface area contributed by atoms with E-state index in [0.29, 0.717) is 0 Å². The van der Waals surface area contributed by atoms with E-state index in [1.807, 2.05) is 22.7 Å². The molecule has 2 aromatic heterocycles. The van der Waals surface area contributed by atoms with Gasteiger partial charge in [-0.3, -0.25) is 0 Å². The number of hydrogen-bond acceptors (Lipinski definition) is 2. The fourth-order valence-electron chi connectivity index (χ4n) is 3.40. The van der Waals surface area contributed by atoms with E-state index < -0.39 is 0 Å². The van der Waals surface area contributed by atoms with Crippen LogP contribution < -0.4 is 0 Å². The van der Waals surface area contributed by atoms with Crippen LogP contribution in [0.15, 0.2) is 93.9 Å². The van der Waals surface area contributed by atoms with Gasteiger partial charge < -0.3 is 0 Å². The van der Waals surface area contributed by atoms with Crippen molar-refractivity contribution >= 4 is 94.9 Å². The van der Waals surface area contributed by atoms with Gasteiger partial charge in [-0.15, -0.1) is 22.7 Å². The van der Waals surface area contributed by atoms with Gasteiger partial charge in [0.1, 0.15) is 0 Å². The van der Waals surface area contributed by atoms with E-state index in [1.54, 1.807) is 0 Å². The number of hydrogen-bond donors (Lipinski definition) is 0. The molecule has 0 radical (unpaired) electrons. The molecule has 6 aromatic rings. The van der Waals surface area contributed by atoms with Crippen LogP contribution in [0.1, 0.15) is 0 Å². The highest BCUT2D eigenvalue weighted by Crippen LogP contribution is 2.36. The van der Waals surface area contributed by atoms with Crippen LogP contribution in [-0.4, -0.2) is 0 Å². The van der Waals surface area contributed by atoms with E-state index in [-0.39, 0.29) is 0 Å². The van der Waals surface area contributed by atoms with E-state index in [2.05, 4.69) is 117 Å². The predicted octanol–water partition coefficient (Wildman–Crippen LogP) is 9.63. The van der Waals surface area contributed by atoms with Gasteiger partial charge in [0.05, 0.1) is 0 Å². The van der Waals surface area contributed by atoms with Crippen LogP contribution in [0.3, 0.4) is 0 Å². The summed E-state index contributed by atoms with van der Waals surface area (Å²) >= 11 is 10.7. The Morgan fingerprint density at radius 3 is 1.29 bits per heavy atom. The minimum absolute atomic E-state index is 1.15. The lowest BCUT2D eigenvalue weighted by molar-refractivity contribution is 1.77. The van der Waals surface area contributed by atoms with E-state index in [9.17, 15) is 0 Å². The van der Waals surface area contributed by atoms with Gasteiger partial charge in [-0.25, -0.2) is 0 Å². The Morgan fingerprint density at radius 2 is 0.821 bits per heavy atom. The summed E-state index contributed by atoms with van der Waals surface area (Å²) < 4.78 is 7.73. The van der Waals surface area contributed by atoms with Crippen molar-refractivity contribution in [3.05, 3.63) is 93.9 Å². The molecule has 0 atom stereocenters. The van der Waals surface area contributed by atoms with Crippen LogP contribution in [0.4, 0.5) is 0 Å². The monoisotopic (exact) mass is 524 g/mol. The third-order valence-electron chi connectivity index (χ3n) is 4.68. The third-order valence-corrected chi connectivity index (χ3v) is 7.97. The van der Waals surface area contributed by atoms with Crippen LogP contribution in [0.5, 0.6) is 0 Å². The van der Waals surface area contributed by atoms with Gasteiger partial charge >= 0.3 is 0 Å². The summed E-state index contributed by atoms with van der Waals surface area (Å²) in [4.78, 5) is 0. The molecule has 2 heterocycles. The average molecular weight is 526 g/mol. The van der Waals surface area contributed by atoms with Gasteiger partial charge in [0, 0.05) is 49.3 Å². The van der Waals surface area contributed by atoms with Crippen molar-refractivity contribution in [3.63, 3.8) is 0 Å². The summed E-state index contributed by atoms with van der Waals surface area (Å²) in [5, 5.41) is 5.41. The van der Waals surface area contributed by atoms with Crippen LogP contribution in [0, 0.1) is 0 Å². The summed E-state index contributed by atoms with van der Waals surface area (Å²) in [6, 6.07) is 30.0. The first kappa shape index (κ1) is 18.3. The Bertz CT molecular complexity index is 1330. The molecule has 0 unspecified atom stereocenters. The Morgan fingerprint density at radius 1 is 0.429 bits per heavy atom. The molecule has 0 aliphatic carbocycles. The van der Waals surface area contributed by atoms with Crippen molar-refractivity contribution in [3.8, 4) is 0 Å². The Balaban J connectivity index is 0.000000122. The minimum atomic E-state index is 1.15. The normalized spacial score (nSPS) is 11.2. The molecule has 0 spiro atoms. The molecule has 0 aliphatic heterocycles. The molecular formula is C24H14Br2S2. The fraction of sp³-hybridized carbons (Fsp3) is 0. The van der Waals surface area contributed by atoms with Crippen molar-refractivity contribution in [1.82, 2.24) is 0 Å². The lowest BCUT2D eigenvalue weighted by Crippen LogP contribution is -1.66. The van der Waals surface area contributed by atoms with Gasteiger partial charge in [0.15, 0.2) is 0 Å². The summed E-state index contributed by atoms with van der Waals surface area (Å²) in [6.07, 6.45) is 0. The van der Waals surface area contributed by atoms with E-state index in [0.717, 1.165) is 8.95 Å². The van der Waals surface area contributed by atoms with Crippen molar-refractivity contribution < 1.29 is 0 Å². The quantitative estimate of drug-likeness (QED) is 0.185. The summed E-state index contributed by atoms with van der Waals surface area (Å²) in [6.45, 7) is 0. The number of halogens is 2. The molecule has 0 saturated heterocycles. The maximum Gasteiger partial charge on any atom is 0.0356 e. The van der Waals surface area contributed by atoms with Crippen molar-refractivity contribution in [2.45, 2.75) is 0 Å². The van der Waals surface area contributed by atoms with Crippen LogP contribution in [-0.2, 0) is 0 Å². The molecule has 6 rings (SSSR count). The Kier molecular flexibility index (Phi) is 4.97. The second-order valence-electron chi connectivity index (χ2n) is 6.48. The smallest absolute Gasteiger partial charge is 0.0356 e. The summed E-state index contributed by atoms with van der Waals surface area (Å²) in [7, 11) is 0. The van der Waals surface area contributed by atoms with E-state index in [1.165, 1.54) is 40.3 Å². The molecular weight excluding hydrogens is 512 g/mol.